The summed E-state index contributed by atoms with van der Waals surface area (Å²) in [4.78, 5) is 2.07. The van der Waals surface area contributed by atoms with Crippen molar-refractivity contribution in [2.75, 3.05) is 19.3 Å². The average Bonchev–Trinajstić information content (AvgIpc) is 2.42. The fourth-order valence-electron chi connectivity index (χ4n) is 2.52. The minimum atomic E-state index is -3.18. The number of nitrogens with zero attached hydrogens (tertiary/aromatic N) is 2. The van der Waals surface area contributed by atoms with Crippen molar-refractivity contribution in [3.05, 3.63) is 35.1 Å². The Morgan fingerprint density at radius 3 is 2.67 bits per heavy atom. The first kappa shape index (κ1) is 15.9. The number of hydrogen-bond donors (Lipinski definition) is 1. The third kappa shape index (κ3) is 4.77. The molecule has 0 aromatic heterocycles. The second-order valence-corrected chi connectivity index (χ2v) is 7.14. The van der Waals surface area contributed by atoms with E-state index in [4.69, 9.17) is 5.26 Å². The molecule has 1 aromatic carbocycles. The smallest absolute Gasteiger partial charge is 0.208 e. The molecule has 5 nitrogen and oxygen atoms in total. The highest BCUT2D eigenvalue weighted by atomic mass is 32.2. The van der Waals surface area contributed by atoms with Crippen molar-refractivity contribution in [3.8, 4) is 6.07 Å². The van der Waals surface area contributed by atoms with E-state index in [0.717, 1.165) is 6.26 Å². The van der Waals surface area contributed by atoms with Gasteiger partial charge in [0.2, 0.25) is 10.0 Å². The molecular formula is C14H18FN3O2S. The first-order valence-corrected chi connectivity index (χ1v) is 8.65. The standard InChI is InChI=1S/C14H18FN3O2S/c1-21(19,20)17-13-4-6-18(7-5-13)10-12-8-11(9-16)2-3-14(12)15/h2-3,8,13,17H,4-7,10H2,1H3. The lowest BCUT2D eigenvalue weighted by Crippen LogP contribution is -2.44. The summed E-state index contributed by atoms with van der Waals surface area (Å²) >= 11 is 0. The molecule has 2 rings (SSSR count). The minimum absolute atomic E-state index is 0.0495. The molecule has 1 N–H and O–H groups in total. The maximum absolute atomic E-state index is 13.7. The molecule has 0 amide bonds. The van der Waals surface area contributed by atoms with Crippen LogP contribution in [-0.2, 0) is 16.6 Å². The summed E-state index contributed by atoms with van der Waals surface area (Å²) < 4.78 is 38.7. The van der Waals surface area contributed by atoms with Gasteiger partial charge in [-0.25, -0.2) is 17.5 Å². The average molecular weight is 311 g/mol. The molecule has 0 unspecified atom stereocenters. The molecule has 0 atom stereocenters. The monoisotopic (exact) mass is 311 g/mol. The van der Waals surface area contributed by atoms with Gasteiger partial charge in [-0.2, -0.15) is 5.26 Å². The van der Waals surface area contributed by atoms with Gasteiger partial charge >= 0.3 is 0 Å². The summed E-state index contributed by atoms with van der Waals surface area (Å²) in [6.07, 6.45) is 2.56. The van der Waals surface area contributed by atoms with Crippen LogP contribution in [0.25, 0.3) is 0 Å². The van der Waals surface area contributed by atoms with Crippen molar-refractivity contribution in [1.82, 2.24) is 9.62 Å². The SMILES string of the molecule is CS(=O)(=O)NC1CCN(Cc2cc(C#N)ccc2F)CC1. The quantitative estimate of drug-likeness (QED) is 0.907. The van der Waals surface area contributed by atoms with E-state index in [-0.39, 0.29) is 11.9 Å². The lowest BCUT2D eigenvalue weighted by atomic mass is 10.0. The molecule has 1 aromatic rings. The lowest BCUT2D eigenvalue weighted by molar-refractivity contribution is 0.198. The zero-order chi connectivity index (χ0) is 15.5. The van der Waals surface area contributed by atoms with Crippen molar-refractivity contribution in [1.29, 1.82) is 5.26 Å². The highest BCUT2D eigenvalue weighted by Crippen LogP contribution is 2.17. The highest BCUT2D eigenvalue weighted by molar-refractivity contribution is 7.88. The molecule has 1 heterocycles. The summed E-state index contributed by atoms with van der Waals surface area (Å²) in [6.45, 7) is 1.83. The second-order valence-electron chi connectivity index (χ2n) is 5.36. The Morgan fingerprint density at radius 2 is 2.10 bits per heavy atom. The molecule has 1 aliphatic heterocycles. The normalized spacial score (nSPS) is 17.6. The van der Waals surface area contributed by atoms with Gasteiger partial charge in [0, 0.05) is 31.2 Å². The number of nitrogens with one attached hydrogen (secondary N) is 1. The van der Waals surface area contributed by atoms with Crippen LogP contribution in [0.5, 0.6) is 0 Å². The zero-order valence-corrected chi connectivity index (χ0v) is 12.7. The zero-order valence-electron chi connectivity index (χ0n) is 11.8. The van der Waals surface area contributed by atoms with E-state index in [1.165, 1.54) is 12.1 Å². The van der Waals surface area contributed by atoms with Crippen molar-refractivity contribution >= 4 is 10.0 Å². The fourth-order valence-corrected chi connectivity index (χ4v) is 3.36. The number of likely N-dealkylation sites (tertiary alicyclic amines) is 1. The van der Waals surface area contributed by atoms with E-state index < -0.39 is 10.0 Å². The van der Waals surface area contributed by atoms with Crippen LogP contribution < -0.4 is 4.72 Å². The largest absolute Gasteiger partial charge is 0.299 e. The number of piperidine rings is 1. The van der Waals surface area contributed by atoms with Gasteiger partial charge < -0.3 is 0 Å². The van der Waals surface area contributed by atoms with E-state index in [0.29, 0.717) is 43.6 Å². The van der Waals surface area contributed by atoms with Crippen LogP contribution in [0.1, 0.15) is 24.0 Å². The van der Waals surface area contributed by atoms with E-state index in [2.05, 4.69) is 9.62 Å². The van der Waals surface area contributed by atoms with E-state index in [9.17, 15) is 12.8 Å². The molecule has 0 radical (unpaired) electrons. The number of sulfonamides is 1. The Morgan fingerprint density at radius 1 is 1.43 bits per heavy atom. The first-order valence-electron chi connectivity index (χ1n) is 6.75. The van der Waals surface area contributed by atoms with E-state index in [1.807, 2.05) is 6.07 Å². The van der Waals surface area contributed by atoms with Crippen LogP contribution in [0.4, 0.5) is 4.39 Å². The van der Waals surface area contributed by atoms with Crippen LogP contribution in [0.2, 0.25) is 0 Å². The Labute approximate surface area is 124 Å². The summed E-state index contributed by atoms with van der Waals surface area (Å²) in [5.41, 5.74) is 0.948. The third-order valence-electron chi connectivity index (χ3n) is 3.54. The molecule has 0 saturated carbocycles. The Balaban J connectivity index is 1.94. The van der Waals surface area contributed by atoms with E-state index >= 15 is 0 Å². The van der Waals surface area contributed by atoms with Crippen molar-refractivity contribution in [2.24, 2.45) is 0 Å². The molecule has 21 heavy (non-hydrogen) atoms. The fraction of sp³-hybridized carbons (Fsp3) is 0.500. The molecule has 1 saturated heterocycles. The molecule has 0 spiro atoms. The van der Waals surface area contributed by atoms with Crippen LogP contribution in [0.3, 0.4) is 0 Å². The Hall–Kier alpha value is -1.49. The van der Waals surface area contributed by atoms with Crippen molar-refractivity contribution in [2.45, 2.75) is 25.4 Å². The lowest BCUT2D eigenvalue weighted by Gasteiger charge is -2.32. The molecular weight excluding hydrogens is 293 g/mol. The van der Waals surface area contributed by atoms with Gasteiger partial charge in [-0.05, 0) is 31.0 Å². The highest BCUT2D eigenvalue weighted by Gasteiger charge is 2.22. The molecule has 0 bridgehead atoms. The van der Waals surface area contributed by atoms with Gasteiger partial charge in [-0.1, -0.05) is 0 Å². The predicted molar refractivity (Wildman–Crippen MR) is 77.4 cm³/mol. The van der Waals surface area contributed by atoms with E-state index in [1.54, 1.807) is 6.07 Å². The van der Waals surface area contributed by atoms with Gasteiger partial charge in [-0.15, -0.1) is 0 Å². The molecule has 0 aliphatic carbocycles. The molecule has 1 aliphatic rings. The summed E-state index contributed by atoms with van der Waals surface area (Å²) in [7, 11) is -3.18. The molecule has 114 valence electrons. The number of benzene rings is 1. The number of rotatable bonds is 4. The maximum atomic E-state index is 13.7. The number of halogens is 1. The van der Waals surface area contributed by atoms with Gasteiger partial charge in [0.25, 0.3) is 0 Å². The topological polar surface area (TPSA) is 73.2 Å². The summed E-state index contributed by atoms with van der Waals surface area (Å²) in [5, 5.41) is 8.85. The minimum Gasteiger partial charge on any atom is -0.299 e. The molecule has 1 fully saturated rings. The van der Waals surface area contributed by atoms with Gasteiger partial charge in [0.15, 0.2) is 0 Å². The van der Waals surface area contributed by atoms with Crippen LogP contribution in [0, 0.1) is 17.1 Å². The van der Waals surface area contributed by atoms with Gasteiger partial charge in [-0.3, -0.25) is 4.90 Å². The molecule has 7 heteroatoms. The number of hydrogen-bond acceptors (Lipinski definition) is 4. The third-order valence-corrected chi connectivity index (χ3v) is 4.30. The van der Waals surface area contributed by atoms with Crippen LogP contribution >= 0.6 is 0 Å². The van der Waals surface area contributed by atoms with Crippen LogP contribution in [0.15, 0.2) is 18.2 Å². The van der Waals surface area contributed by atoms with Crippen LogP contribution in [-0.4, -0.2) is 38.7 Å². The van der Waals surface area contributed by atoms with Crippen molar-refractivity contribution in [3.63, 3.8) is 0 Å². The first-order chi connectivity index (χ1) is 9.87. The maximum Gasteiger partial charge on any atom is 0.208 e. The van der Waals surface area contributed by atoms with Gasteiger partial charge in [0.05, 0.1) is 17.9 Å². The Bertz CT molecular complexity index is 647. The summed E-state index contributed by atoms with van der Waals surface area (Å²) in [5.74, 6) is -0.314. The number of nitriles is 1. The summed E-state index contributed by atoms with van der Waals surface area (Å²) in [6, 6.07) is 6.29. The Kier molecular flexibility index (Phi) is 4.93. The predicted octanol–water partition coefficient (Wildman–Crippen LogP) is 1.21. The van der Waals surface area contributed by atoms with Crippen molar-refractivity contribution < 1.29 is 12.8 Å². The second kappa shape index (κ2) is 6.52. The van der Waals surface area contributed by atoms with Gasteiger partial charge in [0.1, 0.15) is 5.82 Å².